The third kappa shape index (κ3) is 4.51. The molecular formula is C16H19ClN2O. The van der Waals surface area contributed by atoms with Crippen molar-refractivity contribution in [3.63, 3.8) is 0 Å². The zero-order chi connectivity index (χ0) is 14.6. The van der Waals surface area contributed by atoms with Crippen molar-refractivity contribution in [3.05, 3.63) is 53.3 Å². The lowest BCUT2D eigenvalue weighted by atomic mass is 10.1. The lowest BCUT2D eigenvalue weighted by molar-refractivity contribution is 0.413. The van der Waals surface area contributed by atoms with E-state index in [4.69, 9.17) is 16.3 Å². The first-order valence-electron chi connectivity index (χ1n) is 6.55. The van der Waals surface area contributed by atoms with Crippen LogP contribution in [0.2, 0.25) is 5.02 Å². The predicted molar refractivity (Wildman–Crippen MR) is 82.4 cm³/mol. The van der Waals surface area contributed by atoms with E-state index in [2.05, 4.69) is 31.1 Å². The van der Waals surface area contributed by atoms with Crippen LogP contribution in [0.5, 0.6) is 11.5 Å². The van der Waals surface area contributed by atoms with Gasteiger partial charge in [-0.05, 0) is 45.0 Å². The highest BCUT2D eigenvalue weighted by Crippen LogP contribution is 2.26. The highest BCUT2D eigenvalue weighted by Gasteiger charge is 2.11. The molecule has 2 rings (SSSR count). The summed E-state index contributed by atoms with van der Waals surface area (Å²) in [7, 11) is 0. The number of pyridine rings is 1. The van der Waals surface area contributed by atoms with E-state index in [1.807, 2.05) is 24.3 Å². The average molecular weight is 291 g/mol. The fraction of sp³-hybridized carbons (Fsp3) is 0.312. The minimum absolute atomic E-state index is 0.0522. The fourth-order valence-corrected chi connectivity index (χ4v) is 1.84. The number of ether oxygens (including phenoxy) is 1. The summed E-state index contributed by atoms with van der Waals surface area (Å²) in [5, 5.41) is 4.10. The van der Waals surface area contributed by atoms with Crippen LogP contribution in [0.4, 0.5) is 0 Å². The van der Waals surface area contributed by atoms with Crippen LogP contribution in [0.1, 0.15) is 26.3 Å². The fourth-order valence-electron chi connectivity index (χ4n) is 1.66. The van der Waals surface area contributed by atoms with E-state index in [9.17, 15) is 0 Å². The summed E-state index contributed by atoms with van der Waals surface area (Å²) < 4.78 is 5.87. The van der Waals surface area contributed by atoms with Crippen LogP contribution in [0.25, 0.3) is 0 Å². The maximum absolute atomic E-state index is 5.96. The molecule has 0 aliphatic heterocycles. The number of nitrogens with zero attached hydrogens (tertiary/aromatic N) is 1. The van der Waals surface area contributed by atoms with Crippen LogP contribution in [0.3, 0.4) is 0 Å². The molecule has 1 aromatic carbocycles. The van der Waals surface area contributed by atoms with Crippen molar-refractivity contribution in [2.45, 2.75) is 32.9 Å². The van der Waals surface area contributed by atoms with Crippen LogP contribution in [-0.2, 0) is 6.54 Å². The average Bonchev–Trinajstić information content (AvgIpc) is 2.37. The number of rotatable bonds is 4. The first-order valence-corrected chi connectivity index (χ1v) is 6.93. The van der Waals surface area contributed by atoms with Crippen molar-refractivity contribution < 1.29 is 4.74 Å². The third-order valence-corrected chi connectivity index (χ3v) is 2.94. The highest BCUT2D eigenvalue weighted by molar-refractivity contribution is 6.30. The molecule has 1 N–H and O–H groups in total. The molecule has 1 aromatic heterocycles. The van der Waals surface area contributed by atoms with Gasteiger partial charge in [-0.3, -0.25) is 4.98 Å². The minimum atomic E-state index is 0.0522. The predicted octanol–water partition coefficient (Wildman–Crippen LogP) is 4.42. The molecule has 1 heterocycles. The molecule has 0 bridgehead atoms. The molecule has 0 radical (unpaired) electrons. The van der Waals surface area contributed by atoms with Crippen LogP contribution < -0.4 is 10.1 Å². The summed E-state index contributed by atoms with van der Waals surface area (Å²) >= 11 is 5.96. The van der Waals surface area contributed by atoms with Crippen LogP contribution in [-0.4, -0.2) is 10.5 Å². The number of benzene rings is 1. The van der Waals surface area contributed by atoms with Crippen molar-refractivity contribution in [1.82, 2.24) is 10.3 Å². The standard InChI is InChI=1S/C16H19ClN2O/c1-16(2,3)19-10-12-7-8-18-11-15(12)20-14-6-4-5-13(17)9-14/h4-9,11,19H,10H2,1-3H3. The van der Waals surface area contributed by atoms with Crippen LogP contribution in [0, 0.1) is 0 Å². The number of hydrogen-bond donors (Lipinski definition) is 1. The maximum Gasteiger partial charge on any atom is 0.150 e. The molecule has 106 valence electrons. The van der Waals surface area contributed by atoms with Crippen molar-refractivity contribution in [1.29, 1.82) is 0 Å². The molecule has 0 saturated carbocycles. The molecule has 0 atom stereocenters. The summed E-state index contributed by atoms with van der Waals surface area (Å²) in [6, 6.07) is 9.30. The Balaban J connectivity index is 2.15. The van der Waals surface area contributed by atoms with Gasteiger partial charge < -0.3 is 10.1 Å². The van der Waals surface area contributed by atoms with Crippen molar-refractivity contribution in [3.8, 4) is 11.5 Å². The van der Waals surface area contributed by atoms with E-state index < -0.39 is 0 Å². The Morgan fingerprint density at radius 3 is 2.75 bits per heavy atom. The lowest BCUT2D eigenvalue weighted by Crippen LogP contribution is -2.35. The molecule has 3 nitrogen and oxygen atoms in total. The van der Waals surface area contributed by atoms with Gasteiger partial charge in [0.25, 0.3) is 0 Å². The molecule has 0 fully saturated rings. The zero-order valence-electron chi connectivity index (χ0n) is 12.0. The largest absolute Gasteiger partial charge is 0.455 e. The minimum Gasteiger partial charge on any atom is -0.455 e. The van der Waals surface area contributed by atoms with Crippen LogP contribution in [0.15, 0.2) is 42.7 Å². The monoisotopic (exact) mass is 290 g/mol. The normalized spacial score (nSPS) is 11.4. The van der Waals surface area contributed by atoms with Gasteiger partial charge in [-0.1, -0.05) is 17.7 Å². The Morgan fingerprint density at radius 2 is 2.05 bits per heavy atom. The molecule has 0 amide bonds. The van der Waals surface area contributed by atoms with Crippen LogP contribution >= 0.6 is 11.6 Å². The quantitative estimate of drug-likeness (QED) is 0.905. The number of halogens is 1. The van der Waals surface area contributed by atoms with Gasteiger partial charge in [-0.2, -0.15) is 0 Å². The summed E-state index contributed by atoms with van der Waals surface area (Å²) in [5.41, 5.74) is 1.12. The third-order valence-electron chi connectivity index (χ3n) is 2.70. The molecule has 20 heavy (non-hydrogen) atoms. The summed E-state index contributed by atoms with van der Waals surface area (Å²) in [6.45, 7) is 7.12. The van der Waals surface area contributed by atoms with E-state index in [-0.39, 0.29) is 5.54 Å². The van der Waals surface area contributed by atoms with Gasteiger partial charge >= 0.3 is 0 Å². The van der Waals surface area contributed by atoms with E-state index >= 15 is 0 Å². The Morgan fingerprint density at radius 1 is 1.25 bits per heavy atom. The first kappa shape index (κ1) is 14.8. The second kappa shape index (κ2) is 6.25. The highest BCUT2D eigenvalue weighted by atomic mass is 35.5. The smallest absolute Gasteiger partial charge is 0.150 e. The number of nitrogens with one attached hydrogen (secondary N) is 1. The zero-order valence-corrected chi connectivity index (χ0v) is 12.7. The van der Waals surface area contributed by atoms with Crippen molar-refractivity contribution in [2.75, 3.05) is 0 Å². The molecule has 4 heteroatoms. The Hall–Kier alpha value is -1.58. The molecule has 0 saturated heterocycles. The number of aromatic nitrogens is 1. The summed E-state index contributed by atoms with van der Waals surface area (Å²) in [6.07, 6.45) is 3.49. The van der Waals surface area contributed by atoms with Gasteiger partial charge in [0.15, 0.2) is 0 Å². The van der Waals surface area contributed by atoms with Gasteiger partial charge in [0.1, 0.15) is 11.5 Å². The topological polar surface area (TPSA) is 34.2 Å². The number of hydrogen-bond acceptors (Lipinski definition) is 3. The Labute approximate surface area is 124 Å². The Kier molecular flexibility index (Phi) is 4.63. The molecule has 0 spiro atoms. The first-order chi connectivity index (χ1) is 9.44. The van der Waals surface area contributed by atoms with E-state index in [1.165, 1.54) is 0 Å². The molecular weight excluding hydrogens is 272 g/mol. The SMILES string of the molecule is CC(C)(C)NCc1ccncc1Oc1cccc(Cl)c1. The Bertz CT molecular complexity index is 579. The summed E-state index contributed by atoms with van der Waals surface area (Å²) in [5.74, 6) is 1.45. The van der Waals surface area contributed by atoms with Crippen molar-refractivity contribution in [2.24, 2.45) is 0 Å². The molecule has 0 unspecified atom stereocenters. The van der Waals surface area contributed by atoms with Gasteiger partial charge in [0.05, 0.1) is 6.20 Å². The van der Waals surface area contributed by atoms with E-state index in [1.54, 1.807) is 18.5 Å². The molecule has 0 aliphatic rings. The second-order valence-electron chi connectivity index (χ2n) is 5.65. The molecule has 2 aromatic rings. The lowest BCUT2D eigenvalue weighted by Gasteiger charge is -2.21. The van der Waals surface area contributed by atoms with Gasteiger partial charge in [0.2, 0.25) is 0 Å². The van der Waals surface area contributed by atoms with Crippen molar-refractivity contribution >= 4 is 11.6 Å². The molecule has 0 aliphatic carbocycles. The van der Waals surface area contributed by atoms with Gasteiger partial charge in [-0.25, -0.2) is 0 Å². The van der Waals surface area contributed by atoms with E-state index in [0.717, 1.165) is 17.9 Å². The van der Waals surface area contributed by atoms with Gasteiger partial charge in [-0.15, -0.1) is 0 Å². The summed E-state index contributed by atoms with van der Waals surface area (Å²) in [4.78, 5) is 4.12. The van der Waals surface area contributed by atoms with Gasteiger partial charge in [0, 0.05) is 28.9 Å². The maximum atomic E-state index is 5.96. The second-order valence-corrected chi connectivity index (χ2v) is 6.08. The van der Waals surface area contributed by atoms with E-state index in [0.29, 0.717) is 10.8 Å².